The molecule has 2 atom stereocenters. The second-order valence-electron chi connectivity index (χ2n) is 4.94. The zero-order valence-corrected chi connectivity index (χ0v) is 11.3. The molecule has 104 valence electrons. The molecular formula is C15H21NO3. The van der Waals surface area contributed by atoms with Crippen molar-refractivity contribution in [3.63, 3.8) is 0 Å². The molecule has 0 radical (unpaired) electrons. The van der Waals surface area contributed by atoms with Gasteiger partial charge in [-0.15, -0.1) is 0 Å². The third kappa shape index (κ3) is 3.47. The Kier molecular flexibility index (Phi) is 4.80. The monoisotopic (exact) mass is 263 g/mol. The number of benzene rings is 1. The molecule has 2 N–H and O–H groups in total. The van der Waals surface area contributed by atoms with Crippen LogP contribution in [-0.2, 0) is 4.79 Å². The lowest BCUT2D eigenvalue weighted by atomic mass is 10.1. The number of aliphatic hydroxyl groups excluding tert-OH is 1. The van der Waals surface area contributed by atoms with Gasteiger partial charge in [-0.1, -0.05) is 19.1 Å². The van der Waals surface area contributed by atoms with E-state index in [2.05, 4.69) is 5.32 Å². The Bertz CT molecular complexity index is 433. The lowest BCUT2D eigenvalue weighted by molar-refractivity contribution is -0.122. The zero-order valence-electron chi connectivity index (χ0n) is 11.3. The number of carbonyl (C=O) groups excluding carboxylic acids is 1. The molecule has 1 aliphatic carbocycles. The van der Waals surface area contributed by atoms with Crippen molar-refractivity contribution in [2.24, 2.45) is 5.92 Å². The fourth-order valence-electron chi connectivity index (χ4n) is 2.38. The third-order valence-electron chi connectivity index (χ3n) is 3.42. The number of rotatable bonds is 5. The molecule has 0 aliphatic heterocycles. The largest absolute Gasteiger partial charge is 0.491 e. The molecular weight excluding hydrogens is 242 g/mol. The van der Waals surface area contributed by atoms with Gasteiger partial charge in [0.15, 0.2) is 0 Å². The average Bonchev–Trinajstić information content (AvgIpc) is 2.84. The summed E-state index contributed by atoms with van der Waals surface area (Å²) in [6.07, 6.45) is 2.79. The number of ether oxygens (including phenoxy) is 1. The van der Waals surface area contributed by atoms with Gasteiger partial charge in [0.25, 0.3) is 0 Å². The lowest BCUT2D eigenvalue weighted by Crippen LogP contribution is -2.28. The van der Waals surface area contributed by atoms with Crippen molar-refractivity contribution >= 4 is 11.6 Å². The van der Waals surface area contributed by atoms with Crippen LogP contribution in [0.15, 0.2) is 24.3 Å². The smallest absolute Gasteiger partial charge is 0.230 e. The molecule has 1 amide bonds. The second kappa shape index (κ2) is 6.57. The van der Waals surface area contributed by atoms with Crippen LogP contribution in [0.25, 0.3) is 0 Å². The standard InChI is InChI=1S/C15H21NO3/c1-2-10-19-14-9-4-3-7-12(14)16-15(18)11-6-5-8-13(11)17/h3-4,7,9,11,13,17H,2,5-6,8,10H2,1H3,(H,16,18). The number of amides is 1. The van der Waals surface area contributed by atoms with Crippen LogP contribution in [-0.4, -0.2) is 23.7 Å². The summed E-state index contributed by atoms with van der Waals surface area (Å²) in [6.45, 7) is 2.66. The SMILES string of the molecule is CCCOc1ccccc1NC(=O)C1CCCC1O. The van der Waals surface area contributed by atoms with E-state index < -0.39 is 6.10 Å². The van der Waals surface area contributed by atoms with Gasteiger partial charge in [-0.3, -0.25) is 4.79 Å². The minimum absolute atomic E-state index is 0.113. The molecule has 1 aromatic carbocycles. The number of para-hydroxylation sites is 2. The molecule has 2 unspecified atom stereocenters. The van der Waals surface area contributed by atoms with Crippen molar-refractivity contribution in [2.45, 2.75) is 38.7 Å². The molecule has 4 nitrogen and oxygen atoms in total. The number of nitrogens with one attached hydrogen (secondary N) is 1. The number of carbonyl (C=O) groups is 1. The second-order valence-corrected chi connectivity index (χ2v) is 4.94. The van der Waals surface area contributed by atoms with Gasteiger partial charge < -0.3 is 15.2 Å². The summed E-state index contributed by atoms with van der Waals surface area (Å²) in [5, 5.41) is 12.6. The van der Waals surface area contributed by atoms with Crippen molar-refractivity contribution in [3.05, 3.63) is 24.3 Å². The Morgan fingerprint density at radius 1 is 1.42 bits per heavy atom. The van der Waals surface area contributed by atoms with Gasteiger partial charge in [0.1, 0.15) is 5.75 Å². The molecule has 0 saturated heterocycles. The molecule has 1 fully saturated rings. The third-order valence-corrected chi connectivity index (χ3v) is 3.42. The molecule has 1 saturated carbocycles. The number of hydrogen-bond acceptors (Lipinski definition) is 3. The first-order valence-corrected chi connectivity index (χ1v) is 6.93. The predicted molar refractivity (Wildman–Crippen MR) is 74.2 cm³/mol. The van der Waals surface area contributed by atoms with Gasteiger partial charge in [0.2, 0.25) is 5.91 Å². The van der Waals surface area contributed by atoms with Crippen LogP contribution < -0.4 is 10.1 Å². The Labute approximate surface area is 113 Å². The summed E-state index contributed by atoms with van der Waals surface area (Å²) in [7, 11) is 0. The van der Waals surface area contributed by atoms with E-state index in [-0.39, 0.29) is 11.8 Å². The van der Waals surface area contributed by atoms with Crippen LogP contribution in [0.2, 0.25) is 0 Å². The summed E-state index contributed by atoms with van der Waals surface area (Å²) >= 11 is 0. The Balaban J connectivity index is 2.03. The van der Waals surface area contributed by atoms with Crippen LogP contribution >= 0.6 is 0 Å². The van der Waals surface area contributed by atoms with Gasteiger partial charge >= 0.3 is 0 Å². The van der Waals surface area contributed by atoms with Crippen molar-refractivity contribution in [1.82, 2.24) is 0 Å². The van der Waals surface area contributed by atoms with E-state index in [4.69, 9.17) is 4.74 Å². The summed E-state index contributed by atoms with van der Waals surface area (Å²) in [5.41, 5.74) is 0.681. The Morgan fingerprint density at radius 3 is 2.89 bits per heavy atom. The molecule has 0 aromatic heterocycles. The quantitative estimate of drug-likeness (QED) is 0.858. The maximum atomic E-state index is 12.1. The molecule has 0 spiro atoms. The van der Waals surface area contributed by atoms with Crippen LogP contribution in [0.1, 0.15) is 32.6 Å². The van der Waals surface area contributed by atoms with E-state index in [9.17, 15) is 9.90 Å². The fraction of sp³-hybridized carbons (Fsp3) is 0.533. The van der Waals surface area contributed by atoms with Crippen LogP contribution in [0.3, 0.4) is 0 Å². The van der Waals surface area contributed by atoms with Crippen molar-refractivity contribution in [1.29, 1.82) is 0 Å². The number of anilines is 1. The van der Waals surface area contributed by atoms with Gasteiger partial charge in [0.05, 0.1) is 24.3 Å². The number of aliphatic hydroxyl groups is 1. The zero-order chi connectivity index (χ0) is 13.7. The van der Waals surface area contributed by atoms with Gasteiger partial charge in [-0.25, -0.2) is 0 Å². The molecule has 0 heterocycles. The minimum atomic E-state index is -0.510. The summed E-state index contributed by atoms with van der Waals surface area (Å²) in [4.78, 5) is 12.1. The lowest BCUT2D eigenvalue weighted by Gasteiger charge is -2.16. The molecule has 0 bridgehead atoms. The molecule has 2 rings (SSSR count). The average molecular weight is 263 g/mol. The summed E-state index contributed by atoms with van der Waals surface area (Å²) < 4.78 is 5.60. The highest BCUT2D eigenvalue weighted by atomic mass is 16.5. The summed E-state index contributed by atoms with van der Waals surface area (Å²) in [6, 6.07) is 7.41. The van der Waals surface area contributed by atoms with Gasteiger partial charge in [-0.05, 0) is 37.8 Å². The van der Waals surface area contributed by atoms with Gasteiger partial charge in [0, 0.05) is 0 Å². The first-order valence-electron chi connectivity index (χ1n) is 6.93. The van der Waals surface area contributed by atoms with E-state index in [0.717, 1.165) is 19.3 Å². The summed E-state index contributed by atoms with van der Waals surface area (Å²) in [5.74, 6) is 0.280. The maximum Gasteiger partial charge on any atom is 0.230 e. The molecule has 19 heavy (non-hydrogen) atoms. The predicted octanol–water partition coefficient (Wildman–Crippen LogP) is 2.57. The Hall–Kier alpha value is -1.55. The van der Waals surface area contributed by atoms with E-state index in [1.165, 1.54) is 0 Å². The fourth-order valence-corrected chi connectivity index (χ4v) is 2.38. The van der Waals surface area contributed by atoms with Gasteiger partial charge in [-0.2, -0.15) is 0 Å². The first kappa shape index (κ1) is 13.9. The van der Waals surface area contributed by atoms with Crippen LogP contribution in [0.5, 0.6) is 5.75 Å². The normalized spacial score (nSPS) is 22.2. The van der Waals surface area contributed by atoms with Crippen molar-refractivity contribution in [3.8, 4) is 5.75 Å². The molecule has 1 aromatic rings. The maximum absolute atomic E-state index is 12.1. The first-order chi connectivity index (χ1) is 9.22. The van der Waals surface area contributed by atoms with E-state index in [0.29, 0.717) is 24.5 Å². The Morgan fingerprint density at radius 2 is 2.21 bits per heavy atom. The minimum Gasteiger partial charge on any atom is -0.491 e. The van der Waals surface area contributed by atoms with Crippen molar-refractivity contribution in [2.75, 3.05) is 11.9 Å². The van der Waals surface area contributed by atoms with Crippen LogP contribution in [0, 0.1) is 5.92 Å². The van der Waals surface area contributed by atoms with Crippen molar-refractivity contribution < 1.29 is 14.6 Å². The highest BCUT2D eigenvalue weighted by Gasteiger charge is 2.31. The topological polar surface area (TPSA) is 58.6 Å². The molecule has 1 aliphatic rings. The highest BCUT2D eigenvalue weighted by molar-refractivity contribution is 5.94. The van der Waals surface area contributed by atoms with E-state index >= 15 is 0 Å². The van der Waals surface area contributed by atoms with E-state index in [1.54, 1.807) is 0 Å². The molecule has 4 heteroatoms. The van der Waals surface area contributed by atoms with E-state index in [1.807, 2.05) is 31.2 Å². The number of hydrogen-bond donors (Lipinski definition) is 2. The van der Waals surface area contributed by atoms with Crippen LogP contribution in [0.4, 0.5) is 5.69 Å². The highest BCUT2D eigenvalue weighted by Crippen LogP contribution is 2.29.